The molecule has 0 aliphatic carbocycles. The van der Waals surface area contributed by atoms with Gasteiger partial charge in [0, 0.05) is 16.8 Å². The Labute approximate surface area is 179 Å². The van der Waals surface area contributed by atoms with Crippen LogP contribution in [-0.4, -0.2) is 25.7 Å². The van der Waals surface area contributed by atoms with E-state index in [0.29, 0.717) is 10.7 Å². The molecule has 0 unspecified atom stereocenters. The molecule has 0 saturated heterocycles. The highest BCUT2D eigenvalue weighted by Gasteiger charge is 2.25. The second-order valence-corrected chi connectivity index (χ2v) is 6.55. The average molecular weight is 444 g/mol. The quantitative estimate of drug-likeness (QED) is 0.364. The maximum atomic E-state index is 12.4. The summed E-state index contributed by atoms with van der Waals surface area (Å²) in [5.41, 5.74) is 4.56. The number of carbonyl (C=O) groups excluding carboxylic acids is 1. The highest BCUT2D eigenvalue weighted by atomic mass is 35.5. The van der Waals surface area contributed by atoms with Crippen LogP contribution in [0.3, 0.4) is 0 Å². The third-order valence-electron chi connectivity index (χ3n) is 4.10. The minimum absolute atomic E-state index is 0.146. The summed E-state index contributed by atoms with van der Waals surface area (Å²) in [4.78, 5) is 41.4. The van der Waals surface area contributed by atoms with Gasteiger partial charge in [-0.25, -0.2) is 9.97 Å². The van der Waals surface area contributed by atoms with Gasteiger partial charge in [0.1, 0.15) is 11.9 Å². The molecule has 2 aromatic carbocycles. The third-order valence-corrected chi connectivity index (χ3v) is 4.33. The Kier molecular flexibility index (Phi) is 6.21. The van der Waals surface area contributed by atoms with Crippen molar-refractivity contribution < 1.29 is 14.6 Å². The molecule has 0 atom stereocenters. The van der Waals surface area contributed by atoms with Crippen LogP contribution in [0.15, 0.2) is 48.8 Å². The van der Waals surface area contributed by atoms with Crippen molar-refractivity contribution in [2.75, 3.05) is 10.7 Å². The number of rotatable bonds is 7. The molecular formula is C18H14ClN7O5. The van der Waals surface area contributed by atoms with Gasteiger partial charge in [-0.2, -0.15) is 0 Å². The van der Waals surface area contributed by atoms with Crippen LogP contribution in [0.4, 0.5) is 28.7 Å². The molecule has 13 heteroatoms. The van der Waals surface area contributed by atoms with Crippen LogP contribution in [0.25, 0.3) is 0 Å². The second kappa shape index (κ2) is 9.00. The molecular weight excluding hydrogens is 430 g/mol. The molecule has 1 aromatic heterocycles. The average Bonchev–Trinajstić information content (AvgIpc) is 2.74. The molecule has 0 fully saturated rings. The lowest BCUT2D eigenvalue weighted by atomic mass is 10.2. The number of benzene rings is 2. The molecule has 0 aliphatic heterocycles. The Morgan fingerprint density at radius 2 is 1.74 bits per heavy atom. The number of anilines is 3. The van der Waals surface area contributed by atoms with Crippen LogP contribution in [0.5, 0.6) is 0 Å². The summed E-state index contributed by atoms with van der Waals surface area (Å²) in [5.74, 6) is -1.35. The molecule has 1 amide bonds. The Bertz CT molecular complexity index is 1190. The molecule has 1 heterocycles. The maximum absolute atomic E-state index is 12.4. The van der Waals surface area contributed by atoms with Crippen LogP contribution in [0.2, 0.25) is 5.02 Å². The van der Waals surface area contributed by atoms with Gasteiger partial charge < -0.3 is 5.32 Å². The first-order chi connectivity index (χ1) is 14.8. The Balaban J connectivity index is 1.88. The molecule has 0 bridgehead atoms. The van der Waals surface area contributed by atoms with Gasteiger partial charge in [-0.05, 0) is 30.7 Å². The molecule has 0 radical (unpaired) electrons. The normalized spacial score (nSPS) is 10.3. The van der Waals surface area contributed by atoms with E-state index in [1.165, 1.54) is 18.2 Å². The van der Waals surface area contributed by atoms with E-state index in [4.69, 9.17) is 11.6 Å². The lowest BCUT2D eigenvalue weighted by Crippen LogP contribution is -2.30. The summed E-state index contributed by atoms with van der Waals surface area (Å²) in [6, 6.07) is 10.2. The van der Waals surface area contributed by atoms with Crippen LogP contribution >= 0.6 is 11.6 Å². The predicted octanol–water partition coefficient (Wildman–Crippen LogP) is 3.76. The molecule has 12 nitrogen and oxygen atoms in total. The zero-order chi connectivity index (χ0) is 22.5. The van der Waals surface area contributed by atoms with Crippen LogP contribution in [0.1, 0.15) is 15.9 Å². The molecule has 3 aromatic rings. The summed E-state index contributed by atoms with van der Waals surface area (Å²) in [5, 5.41) is 26.0. The van der Waals surface area contributed by atoms with E-state index < -0.39 is 27.1 Å². The number of hydrazine groups is 1. The lowest BCUT2D eigenvalue weighted by Gasteiger charge is -2.12. The number of nitrogens with one attached hydrogen (secondary N) is 3. The van der Waals surface area contributed by atoms with E-state index in [9.17, 15) is 25.0 Å². The number of carbonyl (C=O) groups is 1. The van der Waals surface area contributed by atoms with Crippen molar-refractivity contribution in [2.24, 2.45) is 0 Å². The minimum atomic E-state index is -0.875. The van der Waals surface area contributed by atoms with E-state index in [1.807, 2.05) is 0 Å². The number of hydrogen-bond donors (Lipinski definition) is 3. The number of aromatic nitrogens is 2. The monoisotopic (exact) mass is 443 g/mol. The summed E-state index contributed by atoms with van der Waals surface area (Å²) in [6.07, 6.45) is 1.05. The fraction of sp³-hybridized carbons (Fsp3) is 0.0556. The number of para-hydroxylation sites is 1. The summed E-state index contributed by atoms with van der Waals surface area (Å²) >= 11 is 5.98. The van der Waals surface area contributed by atoms with Crippen molar-refractivity contribution in [3.63, 3.8) is 0 Å². The molecule has 3 N–H and O–H groups in total. The van der Waals surface area contributed by atoms with Crippen molar-refractivity contribution in [1.29, 1.82) is 0 Å². The summed E-state index contributed by atoms with van der Waals surface area (Å²) in [7, 11) is 0. The first-order valence-corrected chi connectivity index (χ1v) is 8.98. The lowest BCUT2D eigenvalue weighted by molar-refractivity contribution is -0.385. The van der Waals surface area contributed by atoms with Crippen molar-refractivity contribution in [1.82, 2.24) is 15.4 Å². The standard InChI is InChI=1S/C18H14ClN7O5/c1-10-6-7-11(19)8-13(10)22-16-15(26(30)31)17(21-9-20-16)23-24-18(27)12-4-2-3-5-14(12)25(28)29/h2-9H,1H3,(H,24,27)(H2,20,21,22,23). The smallest absolute Gasteiger partial charge is 0.334 e. The number of nitro benzene ring substituents is 1. The Morgan fingerprint density at radius 1 is 1.03 bits per heavy atom. The van der Waals surface area contributed by atoms with Gasteiger partial charge >= 0.3 is 5.69 Å². The summed E-state index contributed by atoms with van der Waals surface area (Å²) in [6.45, 7) is 1.78. The van der Waals surface area contributed by atoms with E-state index in [0.717, 1.165) is 18.0 Å². The molecule has 3 rings (SSSR count). The molecule has 158 valence electrons. The SMILES string of the molecule is Cc1ccc(Cl)cc1Nc1ncnc(NNC(=O)c2ccccc2[N+](=O)[O-])c1[N+](=O)[O-]. The number of amides is 1. The van der Waals surface area contributed by atoms with E-state index in [1.54, 1.807) is 25.1 Å². The third kappa shape index (κ3) is 4.82. The Hall–Kier alpha value is -4.32. The highest BCUT2D eigenvalue weighted by Crippen LogP contribution is 2.32. The predicted molar refractivity (Wildman–Crippen MR) is 112 cm³/mol. The fourth-order valence-corrected chi connectivity index (χ4v) is 2.77. The maximum Gasteiger partial charge on any atom is 0.355 e. The van der Waals surface area contributed by atoms with E-state index in [-0.39, 0.29) is 17.2 Å². The number of aryl methyl sites for hydroxylation is 1. The van der Waals surface area contributed by atoms with Gasteiger partial charge in [-0.1, -0.05) is 29.8 Å². The molecule has 0 spiro atoms. The van der Waals surface area contributed by atoms with E-state index in [2.05, 4.69) is 26.1 Å². The summed E-state index contributed by atoms with van der Waals surface area (Å²) < 4.78 is 0. The van der Waals surface area contributed by atoms with Crippen LogP contribution in [0, 0.1) is 27.2 Å². The zero-order valence-corrected chi connectivity index (χ0v) is 16.6. The minimum Gasteiger partial charge on any atom is -0.334 e. The van der Waals surface area contributed by atoms with Crippen molar-refractivity contribution in [3.8, 4) is 0 Å². The molecule has 0 saturated carbocycles. The number of nitrogens with zero attached hydrogens (tertiary/aromatic N) is 4. The van der Waals surface area contributed by atoms with Crippen molar-refractivity contribution >= 4 is 46.2 Å². The number of halogens is 1. The van der Waals surface area contributed by atoms with Gasteiger partial charge in [-0.3, -0.25) is 35.9 Å². The van der Waals surface area contributed by atoms with E-state index >= 15 is 0 Å². The van der Waals surface area contributed by atoms with Crippen LogP contribution < -0.4 is 16.2 Å². The first-order valence-electron chi connectivity index (χ1n) is 8.60. The van der Waals surface area contributed by atoms with Gasteiger partial charge in [0.2, 0.25) is 11.6 Å². The van der Waals surface area contributed by atoms with Gasteiger partial charge in [0.25, 0.3) is 11.6 Å². The zero-order valence-electron chi connectivity index (χ0n) is 15.8. The largest absolute Gasteiger partial charge is 0.355 e. The molecule has 0 aliphatic rings. The van der Waals surface area contributed by atoms with Gasteiger partial charge in [0.05, 0.1) is 9.85 Å². The van der Waals surface area contributed by atoms with Gasteiger partial charge in [-0.15, -0.1) is 0 Å². The number of nitro groups is 2. The Morgan fingerprint density at radius 3 is 2.45 bits per heavy atom. The fourth-order valence-electron chi connectivity index (χ4n) is 2.60. The number of hydrogen-bond acceptors (Lipinski definition) is 9. The molecule has 31 heavy (non-hydrogen) atoms. The van der Waals surface area contributed by atoms with Crippen molar-refractivity contribution in [2.45, 2.75) is 6.92 Å². The van der Waals surface area contributed by atoms with Crippen molar-refractivity contribution in [3.05, 3.63) is 85.2 Å². The second-order valence-electron chi connectivity index (χ2n) is 6.11. The topological polar surface area (TPSA) is 165 Å². The van der Waals surface area contributed by atoms with Gasteiger partial charge in [0.15, 0.2) is 0 Å². The van der Waals surface area contributed by atoms with Crippen LogP contribution in [-0.2, 0) is 0 Å². The first kappa shape index (κ1) is 21.4. The highest BCUT2D eigenvalue weighted by molar-refractivity contribution is 6.30.